The number of rotatable bonds is 5. The van der Waals surface area contributed by atoms with Crippen molar-refractivity contribution in [1.29, 1.82) is 0 Å². The first kappa shape index (κ1) is 19.8. The lowest BCUT2D eigenvalue weighted by molar-refractivity contribution is 0.0244. The molecule has 0 spiro atoms. The fraction of sp³-hybridized carbons (Fsp3) is 0.588. The molecule has 1 aromatic rings. The number of piperidine rings is 2. The molecule has 0 bridgehead atoms. The van der Waals surface area contributed by atoms with Crippen LogP contribution in [0.4, 0.5) is 13.6 Å². The molecule has 2 aliphatic heterocycles. The summed E-state index contributed by atoms with van der Waals surface area (Å²) in [5, 5.41) is 0. The molecule has 1 aromatic carbocycles. The average Bonchev–Trinajstić information content (AvgIpc) is 2.62. The zero-order valence-corrected chi connectivity index (χ0v) is 15.5. The van der Waals surface area contributed by atoms with E-state index in [0.717, 1.165) is 50.9 Å². The summed E-state index contributed by atoms with van der Waals surface area (Å²) >= 11 is 0. The molecular weight excluding hydrogens is 382 g/mol. The van der Waals surface area contributed by atoms with Crippen molar-refractivity contribution >= 4 is 16.4 Å². The van der Waals surface area contributed by atoms with Crippen LogP contribution in [0.15, 0.2) is 18.2 Å². The summed E-state index contributed by atoms with van der Waals surface area (Å²) < 4.78 is 61.1. The zero-order valence-electron chi connectivity index (χ0n) is 14.7. The Morgan fingerprint density at radius 1 is 1.19 bits per heavy atom. The molecule has 2 fully saturated rings. The number of carbonyl (C=O) groups is 1. The van der Waals surface area contributed by atoms with Gasteiger partial charge in [0.05, 0.1) is 6.61 Å². The number of nitrogens with one attached hydrogen (secondary N) is 1. The highest BCUT2D eigenvalue weighted by atomic mass is 32.2. The van der Waals surface area contributed by atoms with Crippen LogP contribution >= 0.6 is 0 Å². The van der Waals surface area contributed by atoms with Crippen LogP contribution in [0.2, 0.25) is 0 Å². The Bertz CT molecular complexity index is 788. The van der Waals surface area contributed by atoms with Gasteiger partial charge in [0.1, 0.15) is 5.82 Å². The molecule has 0 unspecified atom stereocenters. The van der Waals surface area contributed by atoms with Crippen molar-refractivity contribution in [3.05, 3.63) is 29.8 Å². The molecule has 7 nitrogen and oxygen atoms in total. The highest BCUT2D eigenvalue weighted by molar-refractivity contribution is 7.85. The van der Waals surface area contributed by atoms with Crippen molar-refractivity contribution in [1.82, 2.24) is 9.62 Å². The maximum atomic E-state index is 13.5. The van der Waals surface area contributed by atoms with Gasteiger partial charge < -0.3 is 8.92 Å². The average molecular weight is 404 g/mol. The van der Waals surface area contributed by atoms with Gasteiger partial charge in [-0.1, -0.05) is 6.42 Å². The standard InChI is InChI=1S/C17H22F2N2O5S/c18-13-6-7-16(14(19)10-13)26-27(23,24)20-17(22)25-11-12-4-3-9-21-8-2-1-5-15(12)21/h6-7,10,12,15H,1-5,8-9,11H2,(H,20,22)/t12-,15+/m0/s1. The molecule has 27 heavy (non-hydrogen) atoms. The molecule has 2 aliphatic rings. The van der Waals surface area contributed by atoms with E-state index in [0.29, 0.717) is 12.1 Å². The van der Waals surface area contributed by atoms with Gasteiger partial charge in [0.15, 0.2) is 11.6 Å². The lowest BCUT2D eigenvalue weighted by Gasteiger charge is -2.44. The highest BCUT2D eigenvalue weighted by Gasteiger charge is 2.34. The fourth-order valence-electron chi connectivity index (χ4n) is 3.77. The fourth-order valence-corrected chi connectivity index (χ4v) is 4.44. The third kappa shape index (κ3) is 5.29. The molecule has 2 saturated heterocycles. The van der Waals surface area contributed by atoms with E-state index < -0.39 is 33.8 Å². The number of fused-ring (bicyclic) bond motifs is 1. The van der Waals surface area contributed by atoms with Crippen LogP contribution < -0.4 is 8.91 Å². The van der Waals surface area contributed by atoms with Gasteiger partial charge in [0, 0.05) is 18.0 Å². The van der Waals surface area contributed by atoms with E-state index in [1.807, 2.05) is 0 Å². The Labute approximate surface area is 156 Å². The number of amides is 1. The number of carbonyl (C=O) groups excluding carboxylic acids is 1. The second-order valence-corrected chi connectivity index (χ2v) is 8.09. The maximum Gasteiger partial charge on any atom is 0.423 e. The molecule has 0 saturated carbocycles. The smallest absolute Gasteiger partial charge is 0.423 e. The Balaban J connectivity index is 1.52. The molecule has 2 atom stereocenters. The zero-order chi connectivity index (χ0) is 19.4. The second-order valence-electron chi connectivity index (χ2n) is 6.81. The predicted molar refractivity (Wildman–Crippen MR) is 92.3 cm³/mol. The van der Waals surface area contributed by atoms with Crippen LogP contribution in [0.5, 0.6) is 5.75 Å². The number of hydrogen-bond donors (Lipinski definition) is 1. The summed E-state index contributed by atoms with van der Waals surface area (Å²) in [5.41, 5.74) is 0. The largest absolute Gasteiger partial charge is 0.448 e. The van der Waals surface area contributed by atoms with Gasteiger partial charge in [0.2, 0.25) is 0 Å². The Morgan fingerprint density at radius 2 is 1.96 bits per heavy atom. The molecule has 0 radical (unpaired) electrons. The van der Waals surface area contributed by atoms with E-state index in [9.17, 15) is 22.0 Å². The molecule has 10 heteroatoms. The molecule has 2 heterocycles. The molecule has 1 N–H and O–H groups in total. The van der Waals surface area contributed by atoms with Gasteiger partial charge in [-0.2, -0.15) is 13.1 Å². The summed E-state index contributed by atoms with van der Waals surface area (Å²) in [6.45, 7) is 2.19. The monoisotopic (exact) mass is 404 g/mol. The van der Waals surface area contributed by atoms with E-state index in [2.05, 4.69) is 9.08 Å². The Hall–Kier alpha value is -1.94. The first-order chi connectivity index (χ1) is 12.8. The lowest BCUT2D eigenvalue weighted by Crippen LogP contribution is -2.49. The Kier molecular flexibility index (Phi) is 6.15. The van der Waals surface area contributed by atoms with Gasteiger partial charge in [-0.15, -0.1) is 0 Å². The van der Waals surface area contributed by atoms with Gasteiger partial charge in [0.25, 0.3) is 0 Å². The van der Waals surface area contributed by atoms with Crippen LogP contribution in [-0.4, -0.2) is 45.1 Å². The topological polar surface area (TPSA) is 84.9 Å². The van der Waals surface area contributed by atoms with E-state index in [1.54, 1.807) is 4.72 Å². The minimum Gasteiger partial charge on any atom is -0.448 e. The highest BCUT2D eigenvalue weighted by Crippen LogP contribution is 2.31. The number of halogens is 2. The number of nitrogens with zero attached hydrogens (tertiary/aromatic N) is 1. The number of hydrogen-bond acceptors (Lipinski definition) is 6. The van der Waals surface area contributed by atoms with Crippen molar-refractivity contribution in [2.75, 3.05) is 19.7 Å². The molecular formula is C17H22F2N2O5S. The van der Waals surface area contributed by atoms with Gasteiger partial charge in [-0.25, -0.2) is 13.6 Å². The van der Waals surface area contributed by atoms with Crippen molar-refractivity contribution < 1.29 is 30.9 Å². The van der Waals surface area contributed by atoms with Gasteiger partial charge in [-0.3, -0.25) is 4.90 Å². The number of ether oxygens (including phenoxy) is 1. The Morgan fingerprint density at radius 3 is 2.74 bits per heavy atom. The van der Waals surface area contributed by atoms with Crippen LogP contribution in [0.25, 0.3) is 0 Å². The first-order valence-corrected chi connectivity index (χ1v) is 10.3. The first-order valence-electron chi connectivity index (χ1n) is 8.92. The summed E-state index contributed by atoms with van der Waals surface area (Å²) in [4.78, 5) is 14.2. The summed E-state index contributed by atoms with van der Waals surface area (Å²) in [6.07, 6.45) is 4.08. The third-order valence-electron chi connectivity index (χ3n) is 4.96. The molecule has 1 amide bonds. The third-order valence-corrected chi connectivity index (χ3v) is 5.77. The van der Waals surface area contributed by atoms with Crippen LogP contribution in [-0.2, 0) is 15.0 Å². The maximum absolute atomic E-state index is 13.5. The van der Waals surface area contributed by atoms with Gasteiger partial charge >= 0.3 is 16.4 Å². The van der Waals surface area contributed by atoms with Crippen molar-refractivity contribution in [3.8, 4) is 5.75 Å². The van der Waals surface area contributed by atoms with E-state index in [4.69, 9.17) is 4.74 Å². The van der Waals surface area contributed by atoms with Gasteiger partial charge in [-0.05, 0) is 50.9 Å². The summed E-state index contributed by atoms with van der Waals surface area (Å²) in [5.74, 6) is -2.65. The van der Waals surface area contributed by atoms with E-state index in [-0.39, 0.29) is 12.5 Å². The van der Waals surface area contributed by atoms with Crippen molar-refractivity contribution in [2.45, 2.75) is 38.1 Å². The predicted octanol–water partition coefficient (Wildman–Crippen LogP) is 2.58. The minimum atomic E-state index is -4.64. The summed E-state index contributed by atoms with van der Waals surface area (Å²) in [7, 11) is -4.64. The number of benzene rings is 1. The van der Waals surface area contributed by atoms with E-state index >= 15 is 0 Å². The molecule has 3 rings (SSSR count). The quantitative estimate of drug-likeness (QED) is 0.812. The normalized spacial score (nSPS) is 23.3. The van der Waals surface area contributed by atoms with E-state index in [1.165, 1.54) is 6.42 Å². The van der Waals surface area contributed by atoms with Crippen LogP contribution in [0, 0.1) is 17.6 Å². The second kappa shape index (κ2) is 8.39. The van der Waals surface area contributed by atoms with Crippen LogP contribution in [0.1, 0.15) is 32.1 Å². The minimum absolute atomic E-state index is 0.105. The molecule has 0 aromatic heterocycles. The van der Waals surface area contributed by atoms with Crippen molar-refractivity contribution in [2.24, 2.45) is 5.92 Å². The lowest BCUT2D eigenvalue weighted by atomic mass is 9.84. The summed E-state index contributed by atoms with van der Waals surface area (Å²) in [6, 6.07) is 2.48. The molecule has 0 aliphatic carbocycles. The molecule has 150 valence electrons. The van der Waals surface area contributed by atoms with Crippen LogP contribution in [0.3, 0.4) is 0 Å². The SMILES string of the molecule is O=C(NS(=O)(=O)Oc1ccc(F)cc1F)OC[C@@H]1CCCN2CCCC[C@H]12. The van der Waals surface area contributed by atoms with Crippen molar-refractivity contribution in [3.63, 3.8) is 0 Å².